The number of benzene rings is 2. The van der Waals surface area contributed by atoms with Crippen LogP contribution < -0.4 is 5.73 Å². The highest BCUT2D eigenvalue weighted by molar-refractivity contribution is 5.48. The first-order chi connectivity index (χ1) is 9.77. The number of nitrogens with two attached hydrogens (primary N) is 1. The molecule has 2 aromatic rings. The van der Waals surface area contributed by atoms with Crippen molar-refractivity contribution in [1.29, 1.82) is 0 Å². The molecule has 0 bridgehead atoms. The Morgan fingerprint density at radius 1 is 1.05 bits per heavy atom. The highest BCUT2D eigenvalue weighted by Gasteiger charge is 2.30. The van der Waals surface area contributed by atoms with Crippen molar-refractivity contribution in [3.05, 3.63) is 65.0 Å². The van der Waals surface area contributed by atoms with Crippen molar-refractivity contribution in [2.75, 3.05) is 5.73 Å². The highest BCUT2D eigenvalue weighted by Crippen LogP contribution is 2.30. The summed E-state index contributed by atoms with van der Waals surface area (Å²) >= 11 is 0. The van der Waals surface area contributed by atoms with Crippen LogP contribution in [0.1, 0.15) is 22.8 Å². The average molecular weight is 299 g/mol. The second-order valence-corrected chi connectivity index (χ2v) is 4.69. The van der Waals surface area contributed by atoms with Crippen molar-refractivity contribution < 1.29 is 22.7 Å². The zero-order valence-electron chi connectivity index (χ0n) is 10.9. The summed E-state index contributed by atoms with van der Waals surface area (Å²) in [6.45, 7) is 0. The van der Waals surface area contributed by atoms with Gasteiger partial charge < -0.3 is 10.8 Å². The minimum atomic E-state index is -4.40. The van der Waals surface area contributed by atoms with Gasteiger partial charge in [-0.25, -0.2) is 4.39 Å². The van der Waals surface area contributed by atoms with Gasteiger partial charge in [0.1, 0.15) is 5.82 Å². The maximum Gasteiger partial charge on any atom is 0.416 e. The maximum atomic E-state index is 13.1. The Morgan fingerprint density at radius 2 is 1.67 bits per heavy atom. The first kappa shape index (κ1) is 15.3. The van der Waals surface area contributed by atoms with Gasteiger partial charge in [0.25, 0.3) is 0 Å². The van der Waals surface area contributed by atoms with Gasteiger partial charge in [-0.2, -0.15) is 13.2 Å². The Kier molecular flexibility index (Phi) is 4.18. The molecule has 2 aromatic carbocycles. The molecule has 21 heavy (non-hydrogen) atoms. The summed E-state index contributed by atoms with van der Waals surface area (Å²) < 4.78 is 50.4. The van der Waals surface area contributed by atoms with Crippen molar-refractivity contribution in [3.8, 4) is 0 Å². The Balaban J connectivity index is 2.16. The van der Waals surface area contributed by atoms with E-state index in [0.29, 0.717) is 5.56 Å². The van der Waals surface area contributed by atoms with E-state index in [-0.39, 0.29) is 17.7 Å². The fourth-order valence-corrected chi connectivity index (χ4v) is 2.00. The van der Waals surface area contributed by atoms with E-state index in [1.54, 1.807) is 0 Å². The second-order valence-electron chi connectivity index (χ2n) is 4.69. The molecule has 0 heterocycles. The summed E-state index contributed by atoms with van der Waals surface area (Å²) in [6.07, 6.45) is -5.44. The molecule has 0 aliphatic rings. The molecule has 0 aromatic heterocycles. The van der Waals surface area contributed by atoms with E-state index >= 15 is 0 Å². The van der Waals surface area contributed by atoms with Crippen LogP contribution in [0.2, 0.25) is 0 Å². The third kappa shape index (κ3) is 3.72. The van der Waals surface area contributed by atoms with Crippen molar-refractivity contribution in [3.63, 3.8) is 0 Å². The fraction of sp³-hybridized carbons (Fsp3) is 0.200. The highest BCUT2D eigenvalue weighted by atomic mass is 19.4. The van der Waals surface area contributed by atoms with Crippen LogP contribution >= 0.6 is 0 Å². The van der Waals surface area contributed by atoms with Crippen LogP contribution in [0.25, 0.3) is 0 Å². The summed E-state index contributed by atoms with van der Waals surface area (Å²) in [6, 6.07) is 8.06. The van der Waals surface area contributed by atoms with Gasteiger partial charge in [0.2, 0.25) is 0 Å². The lowest BCUT2D eigenvalue weighted by atomic mass is 9.99. The molecule has 2 nitrogen and oxygen atoms in total. The van der Waals surface area contributed by atoms with Crippen LogP contribution in [-0.2, 0) is 12.6 Å². The maximum absolute atomic E-state index is 13.1. The minimum absolute atomic E-state index is 0.0474. The van der Waals surface area contributed by atoms with Crippen molar-refractivity contribution in [2.24, 2.45) is 0 Å². The van der Waals surface area contributed by atoms with E-state index in [9.17, 15) is 22.7 Å². The molecule has 0 saturated carbocycles. The normalized spacial score (nSPS) is 13.2. The van der Waals surface area contributed by atoms with Crippen molar-refractivity contribution in [1.82, 2.24) is 0 Å². The van der Waals surface area contributed by atoms with Crippen LogP contribution in [0.3, 0.4) is 0 Å². The first-order valence-electron chi connectivity index (χ1n) is 6.16. The monoisotopic (exact) mass is 299 g/mol. The minimum Gasteiger partial charge on any atom is -0.398 e. The Hall–Kier alpha value is -2.08. The van der Waals surface area contributed by atoms with Crippen molar-refractivity contribution >= 4 is 5.69 Å². The molecule has 0 fully saturated rings. The van der Waals surface area contributed by atoms with Crippen LogP contribution in [0.5, 0.6) is 0 Å². The van der Waals surface area contributed by atoms with E-state index in [2.05, 4.69) is 0 Å². The standard InChI is InChI=1S/C15H13F4NO/c16-11-5-6-13(20)12(8-11)14(21)7-9-1-3-10(4-2-9)15(17,18)19/h1-6,8,14,21H,7,20H2. The van der Waals surface area contributed by atoms with Gasteiger partial charge >= 0.3 is 6.18 Å². The molecule has 0 amide bonds. The van der Waals surface area contributed by atoms with Gasteiger partial charge in [-0.15, -0.1) is 0 Å². The number of hydrogen-bond acceptors (Lipinski definition) is 2. The number of hydrogen-bond donors (Lipinski definition) is 2. The number of halogens is 4. The predicted molar refractivity (Wildman–Crippen MR) is 70.9 cm³/mol. The smallest absolute Gasteiger partial charge is 0.398 e. The molecule has 112 valence electrons. The SMILES string of the molecule is Nc1ccc(F)cc1C(O)Cc1ccc(C(F)(F)F)cc1. The van der Waals surface area contributed by atoms with E-state index < -0.39 is 23.7 Å². The Labute approximate surface area is 118 Å². The van der Waals surface area contributed by atoms with Gasteiger partial charge in [0.05, 0.1) is 11.7 Å². The van der Waals surface area contributed by atoms with Gasteiger partial charge in [-0.3, -0.25) is 0 Å². The summed E-state index contributed by atoms with van der Waals surface area (Å²) in [5.74, 6) is -0.536. The number of alkyl halides is 3. The van der Waals surface area contributed by atoms with E-state index in [1.165, 1.54) is 24.3 Å². The summed E-state index contributed by atoms with van der Waals surface area (Å²) in [5.41, 5.74) is 5.84. The lowest BCUT2D eigenvalue weighted by molar-refractivity contribution is -0.137. The molecule has 0 aliphatic heterocycles. The molecule has 0 saturated heterocycles. The lowest BCUT2D eigenvalue weighted by Crippen LogP contribution is -2.07. The van der Waals surface area contributed by atoms with Crippen molar-refractivity contribution in [2.45, 2.75) is 18.7 Å². The molecule has 0 aliphatic carbocycles. The molecule has 3 N–H and O–H groups in total. The number of rotatable bonds is 3. The summed E-state index contributed by atoms with van der Waals surface area (Å²) in [4.78, 5) is 0. The fourth-order valence-electron chi connectivity index (χ4n) is 2.00. The van der Waals surface area contributed by atoms with Crippen LogP contribution in [-0.4, -0.2) is 5.11 Å². The third-order valence-corrected chi connectivity index (χ3v) is 3.12. The zero-order chi connectivity index (χ0) is 15.6. The van der Waals surface area contributed by atoms with Gasteiger partial charge in [0, 0.05) is 17.7 Å². The predicted octanol–water partition coefficient (Wildman–Crippen LogP) is 3.70. The molecular weight excluding hydrogens is 286 g/mol. The van der Waals surface area contributed by atoms with Crippen LogP contribution in [0, 0.1) is 5.82 Å². The third-order valence-electron chi connectivity index (χ3n) is 3.12. The van der Waals surface area contributed by atoms with E-state index in [4.69, 9.17) is 5.73 Å². The zero-order valence-corrected chi connectivity index (χ0v) is 10.9. The largest absolute Gasteiger partial charge is 0.416 e. The summed E-state index contributed by atoms with van der Waals surface area (Å²) in [7, 11) is 0. The quantitative estimate of drug-likeness (QED) is 0.670. The second kappa shape index (κ2) is 5.73. The first-order valence-corrected chi connectivity index (χ1v) is 6.16. The topological polar surface area (TPSA) is 46.2 Å². The number of aliphatic hydroxyl groups is 1. The molecule has 0 spiro atoms. The molecule has 1 atom stereocenters. The van der Waals surface area contributed by atoms with Crippen LogP contribution in [0.4, 0.5) is 23.2 Å². The van der Waals surface area contributed by atoms with E-state index in [0.717, 1.165) is 18.2 Å². The Morgan fingerprint density at radius 3 is 2.24 bits per heavy atom. The van der Waals surface area contributed by atoms with Gasteiger partial charge in [-0.1, -0.05) is 12.1 Å². The van der Waals surface area contributed by atoms with E-state index in [1.807, 2.05) is 0 Å². The average Bonchev–Trinajstić information content (AvgIpc) is 2.41. The Bertz CT molecular complexity index is 623. The molecule has 0 radical (unpaired) electrons. The molecule has 1 unspecified atom stereocenters. The van der Waals surface area contributed by atoms with Gasteiger partial charge in [-0.05, 0) is 35.9 Å². The lowest BCUT2D eigenvalue weighted by Gasteiger charge is -2.14. The van der Waals surface area contributed by atoms with Crippen LogP contribution in [0.15, 0.2) is 42.5 Å². The number of nitrogen functional groups attached to an aromatic ring is 1. The molecule has 2 rings (SSSR count). The molecule has 6 heteroatoms. The number of aliphatic hydroxyl groups excluding tert-OH is 1. The number of anilines is 1. The molecular formula is C15H13F4NO. The van der Waals surface area contributed by atoms with Gasteiger partial charge in [0.15, 0.2) is 0 Å². The summed E-state index contributed by atoms with van der Waals surface area (Å²) in [5, 5.41) is 10.0.